The average molecular weight is 426 g/mol. The van der Waals surface area contributed by atoms with E-state index in [9.17, 15) is 38.7 Å². The number of nitrogens with one attached hydrogen (secondary N) is 1. The van der Waals surface area contributed by atoms with E-state index < -0.39 is 56.8 Å². The van der Waals surface area contributed by atoms with Gasteiger partial charge >= 0.3 is 0 Å². The van der Waals surface area contributed by atoms with Gasteiger partial charge in [0.2, 0.25) is 11.6 Å². The van der Waals surface area contributed by atoms with Gasteiger partial charge in [0.1, 0.15) is 17.1 Å². The van der Waals surface area contributed by atoms with Crippen LogP contribution in [-0.2, 0) is 0 Å². The number of anilines is 2. The molecule has 0 radical (unpaired) electrons. The summed E-state index contributed by atoms with van der Waals surface area (Å²) >= 11 is 0. The lowest BCUT2D eigenvalue weighted by Gasteiger charge is -2.22. The minimum absolute atomic E-state index is 0.0270. The predicted molar refractivity (Wildman–Crippen MR) is 104 cm³/mol. The van der Waals surface area contributed by atoms with Crippen LogP contribution in [0.3, 0.4) is 0 Å². The monoisotopic (exact) mass is 426 g/mol. The molecular weight excluding hydrogens is 414 g/mol. The Labute approximate surface area is 172 Å². The van der Waals surface area contributed by atoms with Crippen molar-refractivity contribution in [2.45, 2.75) is 6.43 Å². The fraction of sp³-hybridized carbons (Fsp3) is 0.0476. The number of fused-ring (bicyclic) bond motifs is 2. The zero-order chi connectivity index (χ0) is 22.4. The Balaban J connectivity index is 1.92. The number of nitro benzene ring substituents is 1. The molecule has 0 heterocycles. The molecule has 10 heteroatoms. The van der Waals surface area contributed by atoms with Gasteiger partial charge in [-0.1, -0.05) is 12.1 Å². The summed E-state index contributed by atoms with van der Waals surface area (Å²) in [4.78, 5) is 36.8. The number of aromatic hydroxyl groups is 2. The largest absolute Gasteiger partial charge is 0.507 e. The summed E-state index contributed by atoms with van der Waals surface area (Å²) in [7, 11) is 0. The van der Waals surface area contributed by atoms with Gasteiger partial charge in [-0.05, 0) is 30.3 Å². The Morgan fingerprint density at radius 2 is 1.48 bits per heavy atom. The highest BCUT2D eigenvalue weighted by Crippen LogP contribution is 2.43. The molecule has 31 heavy (non-hydrogen) atoms. The SMILES string of the molecule is O=C1c2c(O)ccc(Nc3cccc(C(F)F)c3)c2C(=O)c2c([N+](=O)[O-])ccc(O)c21. The van der Waals surface area contributed by atoms with Crippen molar-refractivity contribution in [3.63, 3.8) is 0 Å². The highest BCUT2D eigenvalue weighted by atomic mass is 19.3. The normalized spacial score (nSPS) is 12.5. The van der Waals surface area contributed by atoms with E-state index in [0.29, 0.717) is 0 Å². The molecule has 0 spiro atoms. The third-order valence-corrected chi connectivity index (χ3v) is 4.87. The second kappa shape index (κ2) is 7.17. The van der Waals surface area contributed by atoms with Crippen LogP contribution in [0.25, 0.3) is 0 Å². The lowest BCUT2D eigenvalue weighted by Crippen LogP contribution is -2.23. The van der Waals surface area contributed by atoms with Gasteiger partial charge in [-0.15, -0.1) is 0 Å². The number of phenols is 2. The number of alkyl halides is 2. The number of phenolic OH excluding ortho intramolecular Hbond substituents is 2. The van der Waals surface area contributed by atoms with E-state index in [1.165, 1.54) is 24.3 Å². The Hall–Kier alpha value is -4.34. The predicted octanol–water partition coefficient (Wildman–Crippen LogP) is 4.46. The zero-order valence-electron chi connectivity index (χ0n) is 15.4. The maximum atomic E-state index is 13.2. The Morgan fingerprint density at radius 1 is 0.871 bits per heavy atom. The van der Waals surface area contributed by atoms with E-state index >= 15 is 0 Å². The summed E-state index contributed by atoms with van der Waals surface area (Å²) in [6.07, 6.45) is -2.74. The minimum Gasteiger partial charge on any atom is -0.507 e. The fourth-order valence-electron chi connectivity index (χ4n) is 3.51. The van der Waals surface area contributed by atoms with E-state index in [0.717, 1.165) is 24.3 Å². The molecule has 156 valence electrons. The van der Waals surface area contributed by atoms with Crippen LogP contribution in [-0.4, -0.2) is 26.7 Å². The first-order valence-corrected chi connectivity index (χ1v) is 8.81. The lowest BCUT2D eigenvalue weighted by molar-refractivity contribution is -0.385. The number of nitrogens with zero attached hydrogens (tertiary/aromatic N) is 1. The second-order valence-corrected chi connectivity index (χ2v) is 6.70. The van der Waals surface area contributed by atoms with Crippen molar-refractivity contribution < 1.29 is 33.5 Å². The van der Waals surface area contributed by atoms with Gasteiger partial charge in [-0.25, -0.2) is 8.78 Å². The van der Waals surface area contributed by atoms with E-state index in [2.05, 4.69) is 5.32 Å². The molecule has 0 unspecified atom stereocenters. The first-order valence-electron chi connectivity index (χ1n) is 8.81. The molecular formula is C21H12F2N2O6. The molecule has 8 nitrogen and oxygen atoms in total. The Bertz CT molecular complexity index is 1290. The quantitative estimate of drug-likeness (QED) is 0.249. The van der Waals surface area contributed by atoms with Crippen molar-refractivity contribution in [1.82, 2.24) is 0 Å². The zero-order valence-corrected chi connectivity index (χ0v) is 15.4. The molecule has 0 bridgehead atoms. The molecule has 1 aliphatic carbocycles. The van der Waals surface area contributed by atoms with Crippen LogP contribution in [0.15, 0.2) is 48.5 Å². The maximum Gasteiger partial charge on any atom is 0.281 e. The number of ketones is 2. The number of rotatable bonds is 4. The molecule has 0 aromatic heterocycles. The highest BCUT2D eigenvalue weighted by Gasteiger charge is 2.40. The molecule has 4 rings (SSSR count). The smallest absolute Gasteiger partial charge is 0.281 e. The van der Waals surface area contributed by atoms with Crippen molar-refractivity contribution in [3.05, 3.63) is 86.5 Å². The summed E-state index contributed by atoms with van der Waals surface area (Å²) in [6.45, 7) is 0. The molecule has 0 amide bonds. The van der Waals surface area contributed by atoms with Crippen molar-refractivity contribution in [2.24, 2.45) is 0 Å². The molecule has 1 aliphatic rings. The molecule has 0 saturated heterocycles. The summed E-state index contributed by atoms with van der Waals surface area (Å²) in [5, 5.41) is 34.5. The van der Waals surface area contributed by atoms with Gasteiger partial charge < -0.3 is 15.5 Å². The topological polar surface area (TPSA) is 130 Å². The van der Waals surface area contributed by atoms with E-state index in [-0.39, 0.29) is 22.5 Å². The molecule has 0 aliphatic heterocycles. The second-order valence-electron chi connectivity index (χ2n) is 6.70. The van der Waals surface area contributed by atoms with Gasteiger partial charge in [0.15, 0.2) is 0 Å². The van der Waals surface area contributed by atoms with Crippen LogP contribution in [0.5, 0.6) is 11.5 Å². The number of carbonyl (C=O) groups is 2. The fourth-order valence-corrected chi connectivity index (χ4v) is 3.51. The van der Waals surface area contributed by atoms with Crippen LogP contribution in [0.4, 0.5) is 25.8 Å². The van der Waals surface area contributed by atoms with Gasteiger partial charge in [-0.3, -0.25) is 19.7 Å². The maximum absolute atomic E-state index is 13.2. The molecule has 0 atom stereocenters. The van der Waals surface area contributed by atoms with Crippen LogP contribution in [0, 0.1) is 10.1 Å². The minimum atomic E-state index is -2.74. The molecule has 0 saturated carbocycles. The van der Waals surface area contributed by atoms with Gasteiger partial charge in [-0.2, -0.15) is 0 Å². The van der Waals surface area contributed by atoms with E-state index in [1.54, 1.807) is 0 Å². The van der Waals surface area contributed by atoms with Crippen LogP contribution in [0.2, 0.25) is 0 Å². The molecule has 3 aromatic carbocycles. The van der Waals surface area contributed by atoms with Gasteiger partial charge in [0, 0.05) is 17.3 Å². The lowest BCUT2D eigenvalue weighted by atomic mass is 9.81. The van der Waals surface area contributed by atoms with Crippen molar-refractivity contribution in [1.29, 1.82) is 0 Å². The number of carbonyl (C=O) groups excluding carboxylic acids is 2. The summed E-state index contributed by atoms with van der Waals surface area (Å²) in [6, 6.07) is 9.33. The first kappa shape index (κ1) is 20.0. The first-order chi connectivity index (χ1) is 14.7. The van der Waals surface area contributed by atoms with Crippen LogP contribution >= 0.6 is 0 Å². The Morgan fingerprint density at radius 3 is 2.13 bits per heavy atom. The molecule has 3 N–H and O–H groups in total. The van der Waals surface area contributed by atoms with Gasteiger partial charge in [0.25, 0.3) is 12.1 Å². The van der Waals surface area contributed by atoms with E-state index in [4.69, 9.17) is 0 Å². The Kier molecular flexibility index (Phi) is 4.61. The summed E-state index contributed by atoms with van der Waals surface area (Å²) in [5.41, 5.74) is -2.85. The molecule has 0 fully saturated rings. The standard InChI is InChI=1S/C21H12F2N2O6/c22-21(23)9-2-1-3-10(8-9)24-11-4-6-13(26)17-15(11)19(28)16-12(25(30)31)5-7-14(27)18(16)20(17)29/h1-8,21,24,26-27H. The third-order valence-electron chi connectivity index (χ3n) is 4.87. The van der Waals surface area contributed by atoms with Crippen molar-refractivity contribution >= 4 is 28.6 Å². The summed E-state index contributed by atoms with van der Waals surface area (Å²) in [5.74, 6) is -3.17. The number of hydrogen-bond acceptors (Lipinski definition) is 7. The average Bonchev–Trinajstić information content (AvgIpc) is 2.72. The van der Waals surface area contributed by atoms with Crippen LogP contribution in [0.1, 0.15) is 43.8 Å². The van der Waals surface area contributed by atoms with Crippen LogP contribution < -0.4 is 5.32 Å². The van der Waals surface area contributed by atoms with Crippen molar-refractivity contribution in [3.8, 4) is 11.5 Å². The summed E-state index contributed by atoms with van der Waals surface area (Å²) < 4.78 is 26.0. The number of halogens is 2. The highest BCUT2D eigenvalue weighted by molar-refractivity contribution is 6.33. The third kappa shape index (κ3) is 3.14. The van der Waals surface area contributed by atoms with E-state index in [1.807, 2.05) is 0 Å². The van der Waals surface area contributed by atoms with Gasteiger partial charge in [0.05, 0.1) is 27.3 Å². The number of benzene rings is 3. The molecule has 3 aromatic rings. The number of nitro groups is 1. The van der Waals surface area contributed by atoms with Crippen molar-refractivity contribution in [2.75, 3.05) is 5.32 Å². The number of hydrogen-bond donors (Lipinski definition) is 3.